The highest BCUT2D eigenvalue weighted by atomic mass is 16.2. The molecule has 0 radical (unpaired) electrons. The predicted octanol–water partition coefficient (Wildman–Crippen LogP) is 2.02. The van der Waals surface area contributed by atoms with Crippen molar-refractivity contribution >= 4 is 5.91 Å². The summed E-state index contributed by atoms with van der Waals surface area (Å²) in [5.41, 5.74) is 0.471. The van der Waals surface area contributed by atoms with E-state index in [1.165, 1.54) is 0 Å². The Morgan fingerprint density at radius 3 is 1.82 bits per heavy atom. The van der Waals surface area contributed by atoms with Gasteiger partial charge in [0.15, 0.2) is 0 Å². The van der Waals surface area contributed by atoms with E-state index in [4.69, 9.17) is 0 Å². The van der Waals surface area contributed by atoms with Gasteiger partial charge >= 0.3 is 0 Å². The number of hydrogen-bond donors (Lipinski definition) is 0. The molecule has 64 valence electrons. The number of nitrogens with zero attached hydrogens (tertiary/aromatic N) is 1. The molecule has 0 aliphatic carbocycles. The van der Waals surface area contributed by atoms with Gasteiger partial charge in [0, 0.05) is 18.2 Å². The third kappa shape index (κ3) is 2.74. The molecule has 0 aromatic carbocycles. The largest absolute Gasteiger partial charge is 0.320 e. The Balaban J connectivity index is 4.39. The van der Waals surface area contributed by atoms with Gasteiger partial charge in [-0.3, -0.25) is 4.79 Å². The molecule has 0 rings (SSSR count). The summed E-state index contributed by atoms with van der Waals surface area (Å²) in [6.45, 7) is 11.2. The Labute approximate surface area is 68.9 Å². The van der Waals surface area contributed by atoms with Crippen molar-refractivity contribution in [1.29, 1.82) is 0 Å². The molecule has 0 spiro atoms. The van der Waals surface area contributed by atoms with Crippen molar-refractivity contribution < 1.29 is 4.79 Å². The van der Waals surface area contributed by atoms with Gasteiger partial charge in [0.05, 0.1) is 0 Å². The second kappa shape index (κ2) is 3.07. The molecule has 2 nitrogen and oxygen atoms in total. The lowest BCUT2D eigenvalue weighted by Crippen LogP contribution is -2.35. The molecule has 2 heteroatoms. The molecular weight excluding hydrogens is 138 g/mol. The fourth-order valence-corrected chi connectivity index (χ4v) is 0.676. The molecule has 0 aliphatic heterocycles. The van der Waals surface area contributed by atoms with Crippen LogP contribution in [0, 0.1) is 5.41 Å². The minimum atomic E-state index is -0.312. The van der Waals surface area contributed by atoms with Crippen LogP contribution in [-0.2, 0) is 4.79 Å². The van der Waals surface area contributed by atoms with E-state index in [-0.39, 0.29) is 11.3 Å². The number of carbonyl (C=O) groups excluding carboxylic acids is 1. The Hall–Kier alpha value is -0.790. The number of rotatable bonds is 1. The molecule has 0 aliphatic rings. The monoisotopic (exact) mass is 155 g/mol. The average Bonchev–Trinajstić information content (AvgIpc) is 1.82. The van der Waals surface area contributed by atoms with Crippen LogP contribution >= 0.6 is 0 Å². The van der Waals surface area contributed by atoms with Crippen LogP contribution in [0.2, 0.25) is 0 Å². The van der Waals surface area contributed by atoms with Crippen molar-refractivity contribution in [2.75, 3.05) is 7.05 Å². The van der Waals surface area contributed by atoms with E-state index in [1.54, 1.807) is 11.9 Å². The Morgan fingerprint density at radius 1 is 1.36 bits per heavy atom. The van der Waals surface area contributed by atoms with Crippen LogP contribution in [0.4, 0.5) is 0 Å². The zero-order valence-electron chi connectivity index (χ0n) is 8.06. The predicted molar refractivity (Wildman–Crippen MR) is 47.0 cm³/mol. The number of hydrogen-bond acceptors (Lipinski definition) is 1. The van der Waals surface area contributed by atoms with Gasteiger partial charge in [-0.1, -0.05) is 27.4 Å². The Bertz CT molecular complexity index is 176. The van der Waals surface area contributed by atoms with Gasteiger partial charge in [0.2, 0.25) is 5.91 Å². The molecule has 0 aromatic heterocycles. The van der Waals surface area contributed by atoms with Gasteiger partial charge in [-0.2, -0.15) is 0 Å². The molecule has 1 amide bonds. The van der Waals surface area contributed by atoms with Crippen molar-refractivity contribution in [2.24, 2.45) is 5.41 Å². The van der Waals surface area contributed by atoms with E-state index >= 15 is 0 Å². The smallest absolute Gasteiger partial charge is 0.231 e. The lowest BCUT2D eigenvalue weighted by Gasteiger charge is -2.25. The molecule has 0 unspecified atom stereocenters. The summed E-state index contributed by atoms with van der Waals surface area (Å²) < 4.78 is 0. The van der Waals surface area contributed by atoms with Gasteiger partial charge in [-0.25, -0.2) is 0 Å². The lowest BCUT2D eigenvalue weighted by molar-refractivity contribution is -0.136. The normalized spacial score (nSPS) is 11.0. The van der Waals surface area contributed by atoms with Crippen LogP contribution in [-0.4, -0.2) is 17.9 Å². The standard InChI is InChI=1S/C9H17NO/c1-7(2)10(6)8(11)9(3,4)5/h1H2,2-6H3. The van der Waals surface area contributed by atoms with E-state index in [2.05, 4.69) is 6.58 Å². The number of amides is 1. The van der Waals surface area contributed by atoms with Crippen LogP contribution in [0.5, 0.6) is 0 Å². The fourth-order valence-electron chi connectivity index (χ4n) is 0.676. The summed E-state index contributed by atoms with van der Waals surface area (Å²) >= 11 is 0. The van der Waals surface area contributed by atoms with Gasteiger partial charge in [-0.15, -0.1) is 0 Å². The highest BCUT2D eigenvalue weighted by Crippen LogP contribution is 2.18. The second-order valence-electron chi connectivity index (χ2n) is 3.85. The second-order valence-corrected chi connectivity index (χ2v) is 3.85. The topological polar surface area (TPSA) is 20.3 Å². The lowest BCUT2D eigenvalue weighted by atomic mass is 9.95. The van der Waals surface area contributed by atoms with Crippen molar-refractivity contribution in [3.63, 3.8) is 0 Å². The SMILES string of the molecule is C=C(C)N(C)C(=O)C(C)(C)C. The first-order valence-electron chi connectivity index (χ1n) is 3.70. The summed E-state index contributed by atoms with van der Waals surface area (Å²) in [5, 5.41) is 0. The maximum absolute atomic E-state index is 11.5. The molecule has 11 heavy (non-hydrogen) atoms. The van der Waals surface area contributed by atoms with Gasteiger partial charge in [0.25, 0.3) is 0 Å². The van der Waals surface area contributed by atoms with Gasteiger partial charge < -0.3 is 4.90 Å². The van der Waals surface area contributed by atoms with Crippen LogP contribution < -0.4 is 0 Å². The van der Waals surface area contributed by atoms with Crippen molar-refractivity contribution in [3.8, 4) is 0 Å². The van der Waals surface area contributed by atoms with Crippen molar-refractivity contribution in [3.05, 3.63) is 12.3 Å². The molecule has 0 N–H and O–H groups in total. The molecule has 0 heterocycles. The first-order valence-corrected chi connectivity index (χ1v) is 3.70. The van der Waals surface area contributed by atoms with E-state index < -0.39 is 0 Å². The van der Waals surface area contributed by atoms with Crippen LogP contribution in [0.25, 0.3) is 0 Å². The highest BCUT2D eigenvalue weighted by molar-refractivity contribution is 5.82. The van der Waals surface area contributed by atoms with Crippen molar-refractivity contribution in [1.82, 2.24) is 4.90 Å². The zero-order chi connectivity index (χ0) is 9.23. The number of allylic oxidation sites excluding steroid dienone is 1. The fraction of sp³-hybridized carbons (Fsp3) is 0.667. The van der Waals surface area contributed by atoms with E-state index in [1.807, 2.05) is 27.7 Å². The summed E-state index contributed by atoms with van der Waals surface area (Å²) in [4.78, 5) is 13.1. The van der Waals surface area contributed by atoms with Crippen LogP contribution in [0.1, 0.15) is 27.7 Å². The van der Waals surface area contributed by atoms with Crippen LogP contribution in [0.3, 0.4) is 0 Å². The average molecular weight is 155 g/mol. The molecule has 0 bridgehead atoms. The van der Waals surface area contributed by atoms with E-state index in [0.717, 1.165) is 5.70 Å². The zero-order valence-corrected chi connectivity index (χ0v) is 8.06. The van der Waals surface area contributed by atoms with E-state index in [9.17, 15) is 4.79 Å². The molecule has 0 fully saturated rings. The third-order valence-electron chi connectivity index (χ3n) is 1.52. The molecule has 0 saturated carbocycles. The Kier molecular flexibility index (Phi) is 2.85. The molecule has 0 saturated heterocycles. The molecule has 0 aromatic rings. The summed E-state index contributed by atoms with van der Waals surface area (Å²) in [6.07, 6.45) is 0. The quantitative estimate of drug-likeness (QED) is 0.567. The maximum Gasteiger partial charge on any atom is 0.231 e. The Morgan fingerprint density at radius 2 is 1.73 bits per heavy atom. The molecule has 0 atom stereocenters. The highest BCUT2D eigenvalue weighted by Gasteiger charge is 2.24. The van der Waals surface area contributed by atoms with Gasteiger partial charge in [0.1, 0.15) is 0 Å². The van der Waals surface area contributed by atoms with Gasteiger partial charge in [-0.05, 0) is 6.92 Å². The first-order chi connectivity index (χ1) is 4.76. The molecular formula is C9H17NO. The van der Waals surface area contributed by atoms with Crippen molar-refractivity contribution in [2.45, 2.75) is 27.7 Å². The van der Waals surface area contributed by atoms with E-state index in [0.29, 0.717) is 0 Å². The minimum absolute atomic E-state index is 0.102. The number of carbonyl (C=O) groups is 1. The van der Waals surface area contributed by atoms with Crippen LogP contribution in [0.15, 0.2) is 12.3 Å². The minimum Gasteiger partial charge on any atom is -0.320 e. The maximum atomic E-state index is 11.5. The summed E-state index contributed by atoms with van der Waals surface area (Å²) in [5.74, 6) is 0.102. The first kappa shape index (κ1) is 10.2. The third-order valence-corrected chi connectivity index (χ3v) is 1.52. The summed E-state index contributed by atoms with van der Waals surface area (Å²) in [7, 11) is 1.75. The summed E-state index contributed by atoms with van der Waals surface area (Å²) in [6, 6.07) is 0.